The van der Waals surface area contributed by atoms with Gasteiger partial charge in [0.25, 0.3) is 0 Å². The molecule has 5 rings (SSSR count). The largest absolute Gasteiger partial charge is 0.388 e. The fraction of sp³-hybridized carbons (Fsp3) is 0.417. The molecule has 1 N–H and O–H groups in total. The molecule has 142 valence electrons. The lowest BCUT2D eigenvalue weighted by Crippen LogP contribution is -2.21. The molecule has 2 aliphatic rings. The van der Waals surface area contributed by atoms with Crippen LogP contribution in [0.3, 0.4) is 0 Å². The Hall–Kier alpha value is -2.64. The molecule has 0 radical (unpaired) electrons. The number of nitrogens with zero attached hydrogens (tertiary/aromatic N) is 3. The van der Waals surface area contributed by atoms with Crippen molar-refractivity contribution in [3.8, 4) is 6.07 Å². The standard InChI is InChI=1S/C24H25N3O/c25-13-16-1-3-17(4-2-16)18-5-9-20(10-6-18)24(28)23-21(19-7-8-19)11-12-27-15-26-14-22(23)27/h1-4,11-12,14-15,18-20,24,28H,5-10H2/t18-,20+,24?. The van der Waals surface area contributed by atoms with E-state index in [0.29, 0.717) is 17.8 Å². The molecule has 1 unspecified atom stereocenters. The van der Waals surface area contributed by atoms with Gasteiger partial charge in [-0.1, -0.05) is 12.1 Å². The smallest absolute Gasteiger partial charge is 0.0992 e. The zero-order valence-electron chi connectivity index (χ0n) is 16.0. The van der Waals surface area contributed by atoms with Crippen LogP contribution in [0.25, 0.3) is 5.52 Å². The number of imidazole rings is 1. The van der Waals surface area contributed by atoms with Gasteiger partial charge in [0.15, 0.2) is 0 Å². The molecule has 3 aromatic rings. The Bertz CT molecular complexity index is 1020. The third-order valence-electron chi connectivity index (χ3n) is 6.71. The molecule has 4 heteroatoms. The van der Waals surface area contributed by atoms with Gasteiger partial charge in [-0.15, -0.1) is 0 Å². The lowest BCUT2D eigenvalue weighted by atomic mass is 9.75. The summed E-state index contributed by atoms with van der Waals surface area (Å²) in [6, 6.07) is 12.4. The Balaban J connectivity index is 1.35. The summed E-state index contributed by atoms with van der Waals surface area (Å²) in [4.78, 5) is 4.31. The SMILES string of the molecule is N#Cc1ccc([C@H]2CC[C@@H](C(O)c3c(C4CC4)ccn4cncc34)CC2)cc1. The first-order chi connectivity index (χ1) is 13.7. The molecule has 0 saturated heterocycles. The number of hydrogen-bond donors (Lipinski definition) is 1. The van der Waals surface area contributed by atoms with E-state index in [1.54, 1.807) is 0 Å². The van der Waals surface area contributed by atoms with Gasteiger partial charge in [0.2, 0.25) is 0 Å². The van der Waals surface area contributed by atoms with Gasteiger partial charge in [-0.05, 0) is 85.6 Å². The normalized spacial score (nSPS) is 23.4. The minimum Gasteiger partial charge on any atom is -0.388 e. The van der Waals surface area contributed by atoms with E-state index in [1.807, 2.05) is 29.1 Å². The van der Waals surface area contributed by atoms with Gasteiger partial charge in [0, 0.05) is 11.8 Å². The number of aliphatic hydroxyl groups is 1. The quantitative estimate of drug-likeness (QED) is 0.695. The van der Waals surface area contributed by atoms with E-state index in [0.717, 1.165) is 42.3 Å². The van der Waals surface area contributed by atoms with Crippen molar-refractivity contribution in [1.82, 2.24) is 9.38 Å². The molecule has 1 aromatic carbocycles. The Kier molecular flexibility index (Phi) is 4.41. The molecule has 2 fully saturated rings. The van der Waals surface area contributed by atoms with Crippen LogP contribution in [-0.4, -0.2) is 14.5 Å². The number of hydrogen-bond acceptors (Lipinski definition) is 3. The van der Waals surface area contributed by atoms with Crippen molar-refractivity contribution in [2.24, 2.45) is 5.92 Å². The Morgan fingerprint density at radius 2 is 1.71 bits per heavy atom. The Labute approximate surface area is 165 Å². The third-order valence-corrected chi connectivity index (χ3v) is 6.71. The first kappa shape index (κ1) is 17.5. The van der Waals surface area contributed by atoms with Gasteiger partial charge in [0.1, 0.15) is 0 Å². The number of aliphatic hydroxyl groups excluding tert-OH is 1. The van der Waals surface area contributed by atoms with E-state index >= 15 is 0 Å². The summed E-state index contributed by atoms with van der Waals surface area (Å²) in [7, 11) is 0. The second-order valence-corrected chi connectivity index (χ2v) is 8.44. The van der Waals surface area contributed by atoms with Crippen molar-refractivity contribution in [2.45, 2.75) is 56.5 Å². The van der Waals surface area contributed by atoms with Crippen molar-refractivity contribution in [3.63, 3.8) is 0 Å². The molecular weight excluding hydrogens is 346 g/mol. The summed E-state index contributed by atoms with van der Waals surface area (Å²) in [5.74, 6) is 1.44. The molecule has 0 spiro atoms. The highest BCUT2D eigenvalue weighted by Crippen LogP contribution is 2.47. The van der Waals surface area contributed by atoms with Gasteiger partial charge in [-0.3, -0.25) is 0 Å². The molecule has 0 amide bonds. The van der Waals surface area contributed by atoms with Crippen LogP contribution in [0, 0.1) is 17.2 Å². The summed E-state index contributed by atoms with van der Waals surface area (Å²) in [6.07, 6.45) is 12.1. The molecule has 1 atom stereocenters. The van der Waals surface area contributed by atoms with Crippen molar-refractivity contribution >= 4 is 5.52 Å². The highest BCUT2D eigenvalue weighted by Gasteiger charge is 2.34. The highest BCUT2D eigenvalue weighted by atomic mass is 16.3. The number of aromatic nitrogens is 2. The summed E-state index contributed by atoms with van der Waals surface area (Å²) in [6.45, 7) is 0. The van der Waals surface area contributed by atoms with E-state index < -0.39 is 6.10 Å². The maximum Gasteiger partial charge on any atom is 0.0992 e. The van der Waals surface area contributed by atoms with E-state index in [1.165, 1.54) is 24.0 Å². The van der Waals surface area contributed by atoms with Gasteiger partial charge >= 0.3 is 0 Å². The Morgan fingerprint density at radius 1 is 1.00 bits per heavy atom. The van der Waals surface area contributed by atoms with Crippen LogP contribution in [0.5, 0.6) is 0 Å². The highest BCUT2D eigenvalue weighted by molar-refractivity contribution is 5.59. The van der Waals surface area contributed by atoms with Gasteiger partial charge < -0.3 is 9.51 Å². The van der Waals surface area contributed by atoms with Crippen LogP contribution in [0.2, 0.25) is 0 Å². The van der Waals surface area contributed by atoms with Crippen molar-refractivity contribution in [2.75, 3.05) is 0 Å². The monoisotopic (exact) mass is 371 g/mol. The van der Waals surface area contributed by atoms with Crippen LogP contribution >= 0.6 is 0 Å². The molecule has 2 heterocycles. The Morgan fingerprint density at radius 3 is 2.39 bits per heavy atom. The second kappa shape index (κ2) is 7.07. The fourth-order valence-corrected chi connectivity index (χ4v) is 4.94. The summed E-state index contributed by atoms with van der Waals surface area (Å²) in [5.41, 5.74) is 5.54. The number of rotatable bonds is 4. The fourth-order valence-electron chi connectivity index (χ4n) is 4.94. The molecule has 28 heavy (non-hydrogen) atoms. The van der Waals surface area contributed by atoms with Crippen LogP contribution in [0.1, 0.15) is 78.7 Å². The number of fused-ring (bicyclic) bond motifs is 1. The molecule has 2 saturated carbocycles. The first-order valence-corrected chi connectivity index (χ1v) is 10.4. The van der Waals surface area contributed by atoms with Crippen LogP contribution in [0.4, 0.5) is 0 Å². The average Bonchev–Trinajstić information content (AvgIpc) is 3.49. The van der Waals surface area contributed by atoms with E-state index in [4.69, 9.17) is 5.26 Å². The van der Waals surface area contributed by atoms with Crippen LogP contribution < -0.4 is 0 Å². The zero-order valence-corrected chi connectivity index (χ0v) is 16.0. The lowest BCUT2D eigenvalue weighted by Gasteiger charge is -2.33. The molecule has 4 nitrogen and oxygen atoms in total. The van der Waals surface area contributed by atoms with Gasteiger partial charge in [-0.2, -0.15) is 5.26 Å². The lowest BCUT2D eigenvalue weighted by molar-refractivity contribution is 0.0810. The third kappa shape index (κ3) is 3.10. The maximum absolute atomic E-state index is 11.4. The molecule has 2 aromatic heterocycles. The van der Waals surface area contributed by atoms with Crippen LogP contribution in [-0.2, 0) is 0 Å². The van der Waals surface area contributed by atoms with Crippen molar-refractivity contribution < 1.29 is 5.11 Å². The number of nitriles is 1. The topological polar surface area (TPSA) is 61.3 Å². The zero-order chi connectivity index (χ0) is 19.1. The summed E-state index contributed by atoms with van der Waals surface area (Å²) >= 11 is 0. The molecule has 0 aliphatic heterocycles. The molecule has 2 aliphatic carbocycles. The summed E-state index contributed by atoms with van der Waals surface area (Å²) < 4.78 is 2.03. The predicted molar refractivity (Wildman–Crippen MR) is 108 cm³/mol. The summed E-state index contributed by atoms with van der Waals surface area (Å²) in [5, 5.41) is 20.4. The number of benzene rings is 1. The van der Waals surface area contributed by atoms with Crippen molar-refractivity contribution in [3.05, 3.63) is 71.3 Å². The van der Waals surface area contributed by atoms with Crippen LogP contribution in [0.15, 0.2) is 49.1 Å². The van der Waals surface area contributed by atoms with Gasteiger partial charge in [0.05, 0.1) is 35.8 Å². The number of pyridine rings is 1. The molecule has 0 bridgehead atoms. The minimum atomic E-state index is -0.419. The minimum absolute atomic E-state index is 0.299. The van der Waals surface area contributed by atoms with E-state index in [2.05, 4.69) is 35.4 Å². The van der Waals surface area contributed by atoms with Gasteiger partial charge in [-0.25, -0.2) is 4.98 Å². The average molecular weight is 371 g/mol. The van der Waals surface area contributed by atoms with E-state index in [9.17, 15) is 5.11 Å². The second-order valence-electron chi connectivity index (χ2n) is 8.44. The maximum atomic E-state index is 11.4. The predicted octanol–water partition coefficient (Wildman–Crippen LogP) is 5.09. The van der Waals surface area contributed by atoms with E-state index in [-0.39, 0.29) is 0 Å². The first-order valence-electron chi connectivity index (χ1n) is 10.4. The molecular formula is C24H25N3O. The van der Waals surface area contributed by atoms with Crippen molar-refractivity contribution in [1.29, 1.82) is 5.26 Å².